The molecule has 0 aliphatic rings. The third-order valence-corrected chi connectivity index (χ3v) is 4.30. The second-order valence-electron chi connectivity index (χ2n) is 6.14. The Morgan fingerprint density at radius 3 is 2.21 bits per heavy atom. The lowest BCUT2D eigenvalue weighted by atomic mass is 10.1. The van der Waals surface area contributed by atoms with Gasteiger partial charge in [-0.1, -0.05) is 57.0 Å². The minimum atomic E-state index is 0.639. The van der Waals surface area contributed by atoms with Gasteiger partial charge in [0.25, 0.3) is 0 Å². The minimum absolute atomic E-state index is 0.639. The first-order chi connectivity index (χ1) is 11.7. The van der Waals surface area contributed by atoms with Crippen LogP contribution in [0.5, 0.6) is 0 Å². The van der Waals surface area contributed by atoms with Crippen molar-refractivity contribution in [2.45, 2.75) is 52.4 Å². The van der Waals surface area contributed by atoms with Crippen molar-refractivity contribution in [3.8, 4) is 0 Å². The van der Waals surface area contributed by atoms with Crippen molar-refractivity contribution in [3.63, 3.8) is 0 Å². The molecule has 0 heterocycles. The van der Waals surface area contributed by atoms with Gasteiger partial charge in [0.1, 0.15) is 0 Å². The van der Waals surface area contributed by atoms with Gasteiger partial charge in [0.2, 0.25) is 0 Å². The van der Waals surface area contributed by atoms with Crippen LogP contribution in [0.3, 0.4) is 0 Å². The molecule has 0 amide bonds. The molecule has 0 spiro atoms. The summed E-state index contributed by atoms with van der Waals surface area (Å²) < 4.78 is 0. The van der Waals surface area contributed by atoms with Crippen LogP contribution in [-0.4, -0.2) is 5.11 Å². The fraction of sp³-hybridized carbons (Fsp3) is 0.381. The molecule has 2 aromatic rings. The summed E-state index contributed by atoms with van der Waals surface area (Å²) in [5.74, 6) is 0. The Bertz CT molecular complexity index is 635. The number of benzene rings is 2. The van der Waals surface area contributed by atoms with Gasteiger partial charge < -0.3 is 10.6 Å². The van der Waals surface area contributed by atoms with Crippen LogP contribution in [-0.2, 0) is 12.8 Å². The molecule has 0 saturated carbocycles. The first-order valence-electron chi connectivity index (χ1n) is 8.97. The SMILES string of the molecule is CCCCc1ccc(NC(=S)Nc2ccccc2CCCC)cc1. The van der Waals surface area contributed by atoms with E-state index >= 15 is 0 Å². The number of unbranched alkanes of at least 4 members (excludes halogenated alkanes) is 2. The van der Waals surface area contributed by atoms with E-state index in [4.69, 9.17) is 12.2 Å². The van der Waals surface area contributed by atoms with Gasteiger partial charge in [-0.25, -0.2) is 0 Å². The highest BCUT2D eigenvalue weighted by molar-refractivity contribution is 7.80. The van der Waals surface area contributed by atoms with Crippen LogP contribution in [0.4, 0.5) is 11.4 Å². The van der Waals surface area contributed by atoms with E-state index in [1.807, 2.05) is 6.07 Å². The number of hydrogen-bond donors (Lipinski definition) is 2. The van der Waals surface area contributed by atoms with Crippen LogP contribution >= 0.6 is 12.2 Å². The molecule has 0 aromatic heterocycles. The van der Waals surface area contributed by atoms with Gasteiger partial charge in [0.15, 0.2) is 5.11 Å². The number of hydrogen-bond acceptors (Lipinski definition) is 1. The molecule has 0 unspecified atom stereocenters. The van der Waals surface area contributed by atoms with Crippen LogP contribution in [0, 0.1) is 0 Å². The molecule has 2 nitrogen and oxygen atoms in total. The van der Waals surface area contributed by atoms with Crippen molar-refractivity contribution in [1.29, 1.82) is 0 Å². The summed E-state index contributed by atoms with van der Waals surface area (Å²) in [6, 6.07) is 16.9. The Hall–Kier alpha value is -1.87. The minimum Gasteiger partial charge on any atom is -0.332 e. The Kier molecular flexibility index (Phi) is 7.76. The summed E-state index contributed by atoms with van der Waals surface area (Å²) >= 11 is 5.47. The van der Waals surface area contributed by atoms with Crippen LogP contribution in [0.15, 0.2) is 48.5 Å². The normalized spacial score (nSPS) is 10.4. The first kappa shape index (κ1) is 18.5. The molecule has 2 aromatic carbocycles. The van der Waals surface area contributed by atoms with Crippen molar-refractivity contribution in [2.24, 2.45) is 0 Å². The summed E-state index contributed by atoms with van der Waals surface area (Å²) in [5, 5.41) is 7.25. The number of anilines is 2. The Morgan fingerprint density at radius 1 is 0.833 bits per heavy atom. The van der Waals surface area contributed by atoms with Gasteiger partial charge in [0, 0.05) is 11.4 Å². The largest absolute Gasteiger partial charge is 0.332 e. The van der Waals surface area contributed by atoms with Gasteiger partial charge in [-0.2, -0.15) is 0 Å². The van der Waals surface area contributed by atoms with Crippen LogP contribution < -0.4 is 10.6 Å². The van der Waals surface area contributed by atoms with Crippen molar-refractivity contribution < 1.29 is 0 Å². The van der Waals surface area contributed by atoms with Crippen LogP contribution in [0.2, 0.25) is 0 Å². The third kappa shape index (κ3) is 5.97. The summed E-state index contributed by atoms with van der Waals surface area (Å²) in [4.78, 5) is 0. The molecular weight excluding hydrogens is 312 g/mol. The molecular formula is C21H28N2S. The van der Waals surface area contributed by atoms with E-state index in [1.54, 1.807) is 0 Å². The molecule has 0 fully saturated rings. The standard InChI is InChI=1S/C21H28N2S/c1-3-5-9-17-13-15-19(16-14-17)22-21(24)23-20-12-8-7-11-18(20)10-6-4-2/h7-8,11-16H,3-6,9-10H2,1-2H3,(H2,22,23,24). The van der Waals surface area contributed by atoms with Crippen molar-refractivity contribution in [2.75, 3.05) is 10.6 Å². The Balaban J connectivity index is 1.93. The van der Waals surface area contributed by atoms with Gasteiger partial charge in [-0.15, -0.1) is 0 Å². The smallest absolute Gasteiger partial charge is 0.175 e. The fourth-order valence-corrected chi connectivity index (χ4v) is 2.88. The predicted octanol–water partition coefficient (Wildman–Crippen LogP) is 6.18. The molecule has 0 saturated heterocycles. The monoisotopic (exact) mass is 340 g/mol. The Morgan fingerprint density at radius 2 is 1.50 bits per heavy atom. The summed E-state index contributed by atoms with van der Waals surface area (Å²) in [7, 11) is 0. The number of rotatable bonds is 8. The summed E-state index contributed by atoms with van der Waals surface area (Å²) in [6.07, 6.45) is 7.07. The van der Waals surface area contributed by atoms with E-state index in [0.717, 1.165) is 24.2 Å². The van der Waals surface area contributed by atoms with E-state index in [0.29, 0.717) is 5.11 Å². The lowest BCUT2D eigenvalue weighted by molar-refractivity contribution is 0.795. The van der Waals surface area contributed by atoms with E-state index in [2.05, 4.69) is 66.9 Å². The van der Waals surface area contributed by atoms with Gasteiger partial charge in [0.05, 0.1) is 0 Å². The van der Waals surface area contributed by atoms with Gasteiger partial charge >= 0.3 is 0 Å². The zero-order chi connectivity index (χ0) is 17.2. The van der Waals surface area contributed by atoms with E-state index in [1.165, 1.54) is 36.8 Å². The molecule has 3 heteroatoms. The average Bonchev–Trinajstić information content (AvgIpc) is 2.60. The average molecular weight is 341 g/mol. The first-order valence-corrected chi connectivity index (χ1v) is 9.38. The van der Waals surface area contributed by atoms with Crippen LogP contribution in [0.1, 0.15) is 50.7 Å². The number of nitrogens with one attached hydrogen (secondary N) is 2. The zero-order valence-electron chi connectivity index (χ0n) is 14.8. The van der Waals surface area contributed by atoms with Gasteiger partial charge in [-0.05, 0) is 67.2 Å². The topological polar surface area (TPSA) is 24.1 Å². The maximum Gasteiger partial charge on any atom is 0.175 e. The highest BCUT2D eigenvalue weighted by Gasteiger charge is 2.04. The van der Waals surface area contributed by atoms with Crippen molar-refractivity contribution >= 4 is 28.7 Å². The molecule has 0 aliphatic heterocycles. The summed E-state index contributed by atoms with van der Waals surface area (Å²) in [6.45, 7) is 4.44. The molecule has 0 aliphatic carbocycles. The van der Waals surface area contributed by atoms with Gasteiger partial charge in [-0.3, -0.25) is 0 Å². The highest BCUT2D eigenvalue weighted by Crippen LogP contribution is 2.18. The second kappa shape index (κ2) is 10.1. The number of thiocarbonyl (C=S) groups is 1. The van der Waals surface area contributed by atoms with Crippen molar-refractivity contribution in [1.82, 2.24) is 0 Å². The molecule has 2 rings (SSSR count). The lowest BCUT2D eigenvalue weighted by Crippen LogP contribution is -2.19. The highest BCUT2D eigenvalue weighted by atomic mass is 32.1. The molecule has 0 bridgehead atoms. The number of para-hydroxylation sites is 1. The van der Waals surface area contributed by atoms with Crippen LogP contribution in [0.25, 0.3) is 0 Å². The third-order valence-electron chi connectivity index (χ3n) is 4.10. The van der Waals surface area contributed by atoms with E-state index in [9.17, 15) is 0 Å². The second-order valence-corrected chi connectivity index (χ2v) is 6.55. The van der Waals surface area contributed by atoms with E-state index < -0.39 is 0 Å². The predicted molar refractivity (Wildman–Crippen MR) is 110 cm³/mol. The lowest BCUT2D eigenvalue weighted by Gasteiger charge is -2.14. The molecule has 24 heavy (non-hydrogen) atoms. The summed E-state index contributed by atoms with van der Waals surface area (Å²) in [5.41, 5.74) is 4.83. The maximum atomic E-state index is 5.47. The quantitative estimate of drug-likeness (QED) is 0.561. The van der Waals surface area contributed by atoms with E-state index in [-0.39, 0.29) is 0 Å². The zero-order valence-corrected chi connectivity index (χ0v) is 15.6. The van der Waals surface area contributed by atoms with Crippen molar-refractivity contribution in [3.05, 3.63) is 59.7 Å². The fourth-order valence-electron chi connectivity index (χ4n) is 2.65. The maximum absolute atomic E-state index is 5.47. The molecule has 128 valence electrons. The molecule has 0 atom stereocenters. The molecule has 0 radical (unpaired) electrons. The number of aryl methyl sites for hydroxylation is 2. The Labute approximate surface area is 151 Å². The molecule has 2 N–H and O–H groups in total.